The summed E-state index contributed by atoms with van der Waals surface area (Å²) in [5.74, 6) is -1.22. The highest BCUT2D eigenvalue weighted by Crippen LogP contribution is 2.46. The van der Waals surface area contributed by atoms with Crippen molar-refractivity contribution in [2.75, 3.05) is 6.61 Å². The summed E-state index contributed by atoms with van der Waals surface area (Å²) in [6, 6.07) is 18.4. The smallest absolute Gasteiger partial charge is 0.319 e. The third-order valence-corrected chi connectivity index (χ3v) is 4.87. The van der Waals surface area contributed by atoms with E-state index >= 15 is 0 Å². The van der Waals surface area contributed by atoms with Gasteiger partial charge in [0.05, 0.1) is 6.61 Å². The second-order valence-electron chi connectivity index (χ2n) is 6.46. The number of hydrogen-bond acceptors (Lipinski definition) is 5. The molecule has 1 aliphatic heterocycles. The fraction of sp³-hybridized carbons (Fsp3) is 0.182. The van der Waals surface area contributed by atoms with Gasteiger partial charge in [-0.1, -0.05) is 42.5 Å². The molecule has 0 saturated heterocycles. The van der Waals surface area contributed by atoms with Crippen LogP contribution in [-0.2, 0) is 9.53 Å². The standard InChI is InChI=1S/C22H19NO4/c1-2-26-22(25)20-18(14-7-10-15(24)11-8-14)19-16-6-4-3-5-13(16)9-12-17(19)27-21(20)23/h3-12,18,20,23-24H,2H2,1H3. The van der Waals surface area contributed by atoms with E-state index in [2.05, 4.69) is 0 Å². The number of esters is 1. The van der Waals surface area contributed by atoms with E-state index in [0.29, 0.717) is 5.75 Å². The van der Waals surface area contributed by atoms with Crippen molar-refractivity contribution in [1.82, 2.24) is 0 Å². The van der Waals surface area contributed by atoms with Gasteiger partial charge in [-0.15, -0.1) is 0 Å². The largest absolute Gasteiger partial charge is 0.508 e. The molecule has 0 amide bonds. The first-order valence-electron chi connectivity index (χ1n) is 8.83. The minimum absolute atomic E-state index is 0.130. The van der Waals surface area contributed by atoms with Gasteiger partial charge >= 0.3 is 5.97 Å². The summed E-state index contributed by atoms with van der Waals surface area (Å²) < 4.78 is 11.0. The zero-order chi connectivity index (χ0) is 19.0. The summed E-state index contributed by atoms with van der Waals surface area (Å²) in [6.07, 6.45) is 0. The number of carbonyl (C=O) groups excluding carboxylic acids is 1. The van der Waals surface area contributed by atoms with Crippen molar-refractivity contribution in [3.63, 3.8) is 0 Å². The molecule has 0 aromatic heterocycles. The summed E-state index contributed by atoms with van der Waals surface area (Å²) in [5, 5.41) is 20.0. The number of benzene rings is 3. The Bertz CT molecular complexity index is 1030. The van der Waals surface area contributed by atoms with Gasteiger partial charge in [-0.2, -0.15) is 0 Å². The lowest BCUT2D eigenvalue weighted by atomic mass is 9.76. The minimum Gasteiger partial charge on any atom is -0.508 e. The number of phenolic OH excluding ortho intramolecular Hbond substituents is 1. The van der Waals surface area contributed by atoms with Crippen molar-refractivity contribution in [2.24, 2.45) is 5.92 Å². The number of rotatable bonds is 3. The topological polar surface area (TPSA) is 79.6 Å². The van der Waals surface area contributed by atoms with Crippen molar-refractivity contribution in [2.45, 2.75) is 12.8 Å². The molecule has 5 nitrogen and oxygen atoms in total. The summed E-state index contributed by atoms with van der Waals surface area (Å²) in [5.41, 5.74) is 1.67. The Morgan fingerprint density at radius 1 is 1.11 bits per heavy atom. The van der Waals surface area contributed by atoms with Crippen molar-refractivity contribution in [1.29, 1.82) is 5.41 Å². The monoisotopic (exact) mass is 361 g/mol. The molecule has 0 fully saturated rings. The Morgan fingerprint density at radius 3 is 2.59 bits per heavy atom. The van der Waals surface area contributed by atoms with Crippen LogP contribution < -0.4 is 4.74 Å². The number of ether oxygens (including phenoxy) is 2. The Kier molecular flexibility index (Phi) is 4.28. The second kappa shape index (κ2) is 6.76. The first kappa shape index (κ1) is 17.1. The van der Waals surface area contributed by atoms with Crippen LogP contribution >= 0.6 is 0 Å². The lowest BCUT2D eigenvalue weighted by molar-refractivity contribution is -0.146. The van der Waals surface area contributed by atoms with Crippen LogP contribution in [0.3, 0.4) is 0 Å². The van der Waals surface area contributed by atoms with Gasteiger partial charge in [0.2, 0.25) is 5.90 Å². The molecule has 1 heterocycles. The molecule has 136 valence electrons. The van der Waals surface area contributed by atoms with Crippen LogP contribution in [0, 0.1) is 11.3 Å². The highest BCUT2D eigenvalue weighted by atomic mass is 16.5. The number of nitrogens with one attached hydrogen (secondary N) is 1. The summed E-state index contributed by atoms with van der Waals surface area (Å²) >= 11 is 0. The van der Waals surface area contributed by atoms with E-state index in [1.807, 2.05) is 36.4 Å². The van der Waals surface area contributed by atoms with Gasteiger partial charge < -0.3 is 14.6 Å². The number of phenols is 1. The van der Waals surface area contributed by atoms with Gasteiger partial charge in [0, 0.05) is 11.5 Å². The first-order chi connectivity index (χ1) is 13.1. The number of hydrogen-bond donors (Lipinski definition) is 2. The quantitative estimate of drug-likeness (QED) is 0.684. The zero-order valence-electron chi connectivity index (χ0n) is 14.8. The van der Waals surface area contributed by atoms with Crippen LogP contribution in [0.4, 0.5) is 0 Å². The maximum atomic E-state index is 12.7. The minimum atomic E-state index is -0.882. The Labute approximate surface area is 156 Å². The van der Waals surface area contributed by atoms with Crippen molar-refractivity contribution < 1.29 is 19.4 Å². The molecule has 3 aromatic carbocycles. The summed E-state index contributed by atoms with van der Waals surface area (Å²) in [6.45, 7) is 1.97. The molecule has 5 heteroatoms. The molecule has 2 atom stereocenters. The van der Waals surface area contributed by atoms with Crippen LogP contribution in [0.2, 0.25) is 0 Å². The van der Waals surface area contributed by atoms with Crippen LogP contribution in [0.15, 0.2) is 60.7 Å². The van der Waals surface area contributed by atoms with Gasteiger partial charge in [-0.05, 0) is 41.5 Å². The van der Waals surface area contributed by atoms with E-state index in [-0.39, 0.29) is 18.3 Å². The van der Waals surface area contributed by atoms with Crippen molar-refractivity contribution in [3.8, 4) is 11.5 Å². The lowest BCUT2D eigenvalue weighted by Gasteiger charge is -2.33. The first-order valence-corrected chi connectivity index (χ1v) is 8.83. The molecule has 1 aliphatic rings. The number of carbonyl (C=O) groups is 1. The van der Waals surface area contributed by atoms with Gasteiger partial charge in [0.1, 0.15) is 17.4 Å². The molecule has 27 heavy (non-hydrogen) atoms. The van der Waals surface area contributed by atoms with Crippen molar-refractivity contribution >= 4 is 22.6 Å². The molecule has 0 spiro atoms. The Morgan fingerprint density at radius 2 is 1.85 bits per heavy atom. The normalized spacial score (nSPS) is 18.6. The third-order valence-electron chi connectivity index (χ3n) is 4.87. The molecule has 3 aromatic rings. The molecule has 0 aliphatic carbocycles. The van der Waals surface area contributed by atoms with E-state index in [1.54, 1.807) is 31.2 Å². The average molecular weight is 361 g/mol. The molecule has 0 saturated carbocycles. The van der Waals surface area contributed by atoms with Crippen LogP contribution in [0.1, 0.15) is 24.0 Å². The van der Waals surface area contributed by atoms with E-state index in [0.717, 1.165) is 21.9 Å². The molecule has 2 unspecified atom stereocenters. The molecule has 4 rings (SSSR count). The average Bonchev–Trinajstić information content (AvgIpc) is 2.67. The highest BCUT2D eigenvalue weighted by molar-refractivity contribution is 6.03. The van der Waals surface area contributed by atoms with Gasteiger partial charge in [-0.3, -0.25) is 10.2 Å². The maximum Gasteiger partial charge on any atom is 0.319 e. The molecular weight excluding hydrogens is 342 g/mol. The third kappa shape index (κ3) is 2.91. The van der Waals surface area contributed by atoms with E-state index in [4.69, 9.17) is 14.9 Å². The Hall–Kier alpha value is -3.34. The van der Waals surface area contributed by atoms with Gasteiger partial charge in [0.15, 0.2) is 0 Å². The molecule has 2 N–H and O–H groups in total. The maximum absolute atomic E-state index is 12.7. The zero-order valence-corrected chi connectivity index (χ0v) is 14.8. The SMILES string of the molecule is CCOC(=O)C1C(=N)Oc2ccc3ccccc3c2C1c1ccc(O)cc1. The predicted molar refractivity (Wildman–Crippen MR) is 102 cm³/mol. The lowest BCUT2D eigenvalue weighted by Crippen LogP contribution is -2.38. The predicted octanol–water partition coefficient (Wildman–Crippen LogP) is 4.23. The van der Waals surface area contributed by atoms with Crippen LogP contribution in [0.5, 0.6) is 11.5 Å². The fourth-order valence-corrected chi connectivity index (χ4v) is 3.70. The molecule has 0 radical (unpaired) electrons. The number of fused-ring (bicyclic) bond motifs is 3. The van der Waals surface area contributed by atoms with E-state index in [9.17, 15) is 9.90 Å². The molecular formula is C22H19NO4. The van der Waals surface area contributed by atoms with Gasteiger partial charge in [0.25, 0.3) is 0 Å². The van der Waals surface area contributed by atoms with E-state index < -0.39 is 17.8 Å². The highest BCUT2D eigenvalue weighted by Gasteiger charge is 2.43. The Balaban J connectivity index is 1.98. The summed E-state index contributed by atoms with van der Waals surface area (Å²) in [4.78, 5) is 12.7. The fourth-order valence-electron chi connectivity index (χ4n) is 3.70. The van der Waals surface area contributed by atoms with Gasteiger partial charge in [-0.25, -0.2) is 0 Å². The van der Waals surface area contributed by atoms with Crippen LogP contribution in [-0.4, -0.2) is 23.6 Å². The van der Waals surface area contributed by atoms with E-state index in [1.165, 1.54) is 0 Å². The second-order valence-corrected chi connectivity index (χ2v) is 6.46. The molecule has 0 bridgehead atoms. The van der Waals surface area contributed by atoms with Crippen molar-refractivity contribution in [3.05, 3.63) is 71.8 Å². The number of aromatic hydroxyl groups is 1. The van der Waals surface area contributed by atoms with Crippen LogP contribution in [0.25, 0.3) is 10.8 Å². The summed E-state index contributed by atoms with van der Waals surface area (Å²) in [7, 11) is 0.